The number of thioether (sulfide) groups is 2. The molecule has 4 N–H and O–H groups in total. The summed E-state index contributed by atoms with van der Waals surface area (Å²) in [5, 5.41) is 11.1. The van der Waals surface area contributed by atoms with Crippen molar-refractivity contribution in [1.82, 2.24) is 31.2 Å². The standard InChI is InChI=1S/C24H32N6O4S2/c1-35-15-7-19(29-21(31)17-3-9-25-10-4-17)23(33)27-13-14-28-24(34)20(8-16-36-2)30-22(32)18-5-11-26-12-6-18/h3-6,9-12,19-20H,7-8,13-16H2,1-2H3,(H,27,33)(H,28,34)(H,29,31)(H,30,32)/t19-,20-/m0/s1. The van der Waals surface area contributed by atoms with Crippen LogP contribution >= 0.6 is 23.5 Å². The third-order valence-corrected chi connectivity index (χ3v) is 6.36. The number of hydrogen-bond acceptors (Lipinski definition) is 8. The average molecular weight is 533 g/mol. The summed E-state index contributed by atoms with van der Waals surface area (Å²) < 4.78 is 0. The molecule has 2 atom stereocenters. The molecule has 10 nitrogen and oxygen atoms in total. The summed E-state index contributed by atoms with van der Waals surface area (Å²) in [6.07, 6.45) is 10.8. The summed E-state index contributed by atoms with van der Waals surface area (Å²) in [5.41, 5.74) is 0.841. The second-order valence-corrected chi connectivity index (χ2v) is 9.64. The number of amides is 4. The van der Waals surface area contributed by atoms with Gasteiger partial charge in [-0.15, -0.1) is 0 Å². The molecule has 36 heavy (non-hydrogen) atoms. The SMILES string of the molecule is CSCC[C@H](NC(=O)c1ccncc1)C(=O)NCCNC(=O)[C@H](CCSC)NC(=O)c1ccncc1. The van der Waals surface area contributed by atoms with E-state index in [1.165, 1.54) is 24.8 Å². The van der Waals surface area contributed by atoms with Gasteiger partial charge >= 0.3 is 0 Å². The van der Waals surface area contributed by atoms with E-state index in [1.807, 2.05) is 12.5 Å². The van der Waals surface area contributed by atoms with Gasteiger partial charge in [0.25, 0.3) is 11.8 Å². The Balaban J connectivity index is 1.85. The molecular formula is C24H32N6O4S2. The third kappa shape index (κ3) is 10.2. The Labute approximate surface area is 219 Å². The van der Waals surface area contributed by atoms with Crippen molar-refractivity contribution in [3.8, 4) is 0 Å². The minimum absolute atomic E-state index is 0.180. The molecule has 2 rings (SSSR count). The summed E-state index contributed by atoms with van der Waals surface area (Å²) in [7, 11) is 0. The highest BCUT2D eigenvalue weighted by atomic mass is 32.2. The van der Waals surface area contributed by atoms with Crippen molar-refractivity contribution < 1.29 is 19.2 Å². The van der Waals surface area contributed by atoms with E-state index in [9.17, 15) is 19.2 Å². The Bertz CT molecular complexity index is 902. The molecule has 194 valence electrons. The van der Waals surface area contributed by atoms with Crippen molar-refractivity contribution in [3.05, 3.63) is 60.2 Å². The van der Waals surface area contributed by atoms with Crippen LogP contribution in [-0.4, -0.2) is 82.8 Å². The Kier molecular flexibility index (Phi) is 13.4. The number of nitrogens with zero attached hydrogens (tertiary/aromatic N) is 2. The van der Waals surface area contributed by atoms with Crippen molar-refractivity contribution in [2.45, 2.75) is 24.9 Å². The maximum absolute atomic E-state index is 12.7. The van der Waals surface area contributed by atoms with E-state index in [0.29, 0.717) is 35.5 Å². The highest BCUT2D eigenvalue weighted by Crippen LogP contribution is 2.05. The molecule has 0 aromatic carbocycles. The van der Waals surface area contributed by atoms with Crippen LogP contribution in [0.2, 0.25) is 0 Å². The van der Waals surface area contributed by atoms with Gasteiger partial charge in [-0.25, -0.2) is 0 Å². The lowest BCUT2D eigenvalue weighted by Gasteiger charge is -2.20. The normalized spacial score (nSPS) is 12.2. The summed E-state index contributed by atoms with van der Waals surface area (Å²) in [6.45, 7) is 0.359. The van der Waals surface area contributed by atoms with Gasteiger partial charge in [-0.05, 0) is 61.1 Å². The smallest absolute Gasteiger partial charge is 0.252 e. The van der Waals surface area contributed by atoms with Crippen LogP contribution < -0.4 is 21.3 Å². The van der Waals surface area contributed by atoms with Crippen molar-refractivity contribution >= 4 is 47.2 Å². The van der Waals surface area contributed by atoms with Gasteiger partial charge in [0, 0.05) is 49.0 Å². The van der Waals surface area contributed by atoms with Crippen LogP contribution in [-0.2, 0) is 9.59 Å². The van der Waals surface area contributed by atoms with E-state index in [2.05, 4.69) is 31.2 Å². The van der Waals surface area contributed by atoms with E-state index in [1.54, 1.807) is 47.8 Å². The van der Waals surface area contributed by atoms with Gasteiger partial charge in [0.15, 0.2) is 0 Å². The molecule has 0 aliphatic carbocycles. The highest BCUT2D eigenvalue weighted by molar-refractivity contribution is 7.98. The molecule has 2 aromatic heterocycles. The van der Waals surface area contributed by atoms with E-state index >= 15 is 0 Å². The van der Waals surface area contributed by atoms with Gasteiger partial charge in [0.2, 0.25) is 11.8 Å². The molecule has 0 saturated heterocycles. The molecule has 0 radical (unpaired) electrons. The molecule has 2 heterocycles. The number of nitrogens with one attached hydrogen (secondary N) is 4. The van der Waals surface area contributed by atoms with Gasteiger partial charge < -0.3 is 21.3 Å². The molecule has 0 saturated carbocycles. The Hall–Kier alpha value is -3.12. The zero-order chi connectivity index (χ0) is 26.2. The lowest BCUT2D eigenvalue weighted by atomic mass is 10.1. The van der Waals surface area contributed by atoms with Crippen LogP contribution in [0.5, 0.6) is 0 Å². The molecule has 0 aliphatic heterocycles. The van der Waals surface area contributed by atoms with Crippen LogP contribution in [0, 0.1) is 0 Å². The first-order valence-electron chi connectivity index (χ1n) is 11.4. The zero-order valence-corrected chi connectivity index (χ0v) is 22.0. The largest absolute Gasteiger partial charge is 0.353 e. The molecule has 0 unspecified atom stereocenters. The summed E-state index contributed by atoms with van der Waals surface area (Å²) in [4.78, 5) is 58.2. The Morgan fingerprint density at radius 3 is 1.39 bits per heavy atom. The highest BCUT2D eigenvalue weighted by Gasteiger charge is 2.22. The minimum Gasteiger partial charge on any atom is -0.353 e. The van der Waals surface area contributed by atoms with Gasteiger partial charge in [-0.3, -0.25) is 29.1 Å². The zero-order valence-electron chi connectivity index (χ0n) is 20.4. The quantitative estimate of drug-likeness (QED) is 0.250. The number of hydrogen-bond donors (Lipinski definition) is 4. The monoisotopic (exact) mass is 532 g/mol. The molecule has 12 heteroatoms. The molecule has 0 fully saturated rings. The van der Waals surface area contributed by atoms with Crippen LogP contribution in [0.1, 0.15) is 33.6 Å². The van der Waals surface area contributed by atoms with Gasteiger partial charge in [0.05, 0.1) is 0 Å². The van der Waals surface area contributed by atoms with E-state index in [-0.39, 0.29) is 36.7 Å². The predicted molar refractivity (Wildman–Crippen MR) is 143 cm³/mol. The summed E-state index contributed by atoms with van der Waals surface area (Å²) >= 11 is 3.15. The number of carbonyl (C=O) groups excluding carboxylic acids is 4. The molecule has 0 bridgehead atoms. The maximum Gasteiger partial charge on any atom is 0.252 e. The van der Waals surface area contributed by atoms with Crippen molar-refractivity contribution in [1.29, 1.82) is 0 Å². The van der Waals surface area contributed by atoms with Crippen LogP contribution in [0.4, 0.5) is 0 Å². The first-order valence-corrected chi connectivity index (χ1v) is 14.2. The molecule has 2 aromatic rings. The minimum atomic E-state index is -0.706. The first-order chi connectivity index (χ1) is 17.5. The summed E-state index contributed by atoms with van der Waals surface area (Å²) in [6, 6.07) is 4.90. The lowest BCUT2D eigenvalue weighted by Crippen LogP contribution is -2.50. The summed E-state index contributed by atoms with van der Waals surface area (Å²) in [5.74, 6) is 0.0257. The molecule has 0 aliphatic rings. The fourth-order valence-corrected chi connectivity index (χ4v) is 4.06. The van der Waals surface area contributed by atoms with Crippen LogP contribution in [0.25, 0.3) is 0 Å². The number of carbonyl (C=O) groups is 4. The van der Waals surface area contributed by atoms with E-state index in [0.717, 1.165) is 0 Å². The number of pyridine rings is 2. The van der Waals surface area contributed by atoms with Crippen molar-refractivity contribution in [3.63, 3.8) is 0 Å². The first kappa shape index (κ1) is 29.1. The predicted octanol–water partition coefficient (Wildman–Crippen LogP) is 1.11. The average Bonchev–Trinajstić information content (AvgIpc) is 2.91. The second-order valence-electron chi connectivity index (χ2n) is 7.67. The molecule has 4 amide bonds. The molecule has 0 spiro atoms. The topological polar surface area (TPSA) is 142 Å². The number of aromatic nitrogens is 2. The molecular weight excluding hydrogens is 500 g/mol. The van der Waals surface area contributed by atoms with Crippen molar-refractivity contribution in [2.24, 2.45) is 0 Å². The van der Waals surface area contributed by atoms with Crippen LogP contribution in [0.15, 0.2) is 49.1 Å². The number of rotatable bonds is 15. The Morgan fingerprint density at radius 1 is 0.694 bits per heavy atom. The Morgan fingerprint density at radius 2 is 1.06 bits per heavy atom. The van der Waals surface area contributed by atoms with Crippen LogP contribution in [0.3, 0.4) is 0 Å². The van der Waals surface area contributed by atoms with Gasteiger partial charge in [0.1, 0.15) is 12.1 Å². The fraction of sp³-hybridized carbons (Fsp3) is 0.417. The van der Waals surface area contributed by atoms with Crippen molar-refractivity contribution in [2.75, 3.05) is 37.1 Å². The van der Waals surface area contributed by atoms with Gasteiger partial charge in [-0.2, -0.15) is 23.5 Å². The van der Waals surface area contributed by atoms with E-state index < -0.39 is 12.1 Å². The van der Waals surface area contributed by atoms with Gasteiger partial charge in [-0.1, -0.05) is 0 Å². The second kappa shape index (κ2) is 16.5. The third-order valence-electron chi connectivity index (χ3n) is 5.07. The maximum atomic E-state index is 12.7. The van der Waals surface area contributed by atoms with E-state index in [4.69, 9.17) is 0 Å². The lowest BCUT2D eigenvalue weighted by molar-refractivity contribution is -0.124. The fourth-order valence-electron chi connectivity index (χ4n) is 3.12.